The fourth-order valence-corrected chi connectivity index (χ4v) is 3.62. The zero-order valence-corrected chi connectivity index (χ0v) is 16.9. The maximum Gasteiger partial charge on any atom is 0.307 e. The molecule has 0 aliphatic rings. The first-order chi connectivity index (χ1) is 15.1. The zero-order chi connectivity index (χ0) is 21.8. The number of aliphatic hydroxyl groups is 1. The van der Waals surface area contributed by atoms with Crippen molar-refractivity contribution in [2.45, 2.75) is 26.2 Å². The number of fused-ring (bicyclic) bond motifs is 1. The number of aliphatic carboxylic acids is 1. The molecule has 0 bridgehead atoms. The van der Waals surface area contributed by atoms with Crippen molar-refractivity contribution < 1.29 is 24.2 Å². The molecular formula is C25H23NO5. The van der Waals surface area contributed by atoms with Crippen molar-refractivity contribution in [2.24, 2.45) is 5.73 Å². The highest BCUT2D eigenvalue weighted by Gasteiger charge is 2.14. The number of ether oxygens (including phenoxy) is 1. The Bertz CT molecular complexity index is 1230. The molecule has 1 aromatic heterocycles. The highest BCUT2D eigenvalue weighted by atomic mass is 16.5. The number of carboxylic acid groups (broad SMARTS) is 1. The Hall–Kier alpha value is -3.61. The van der Waals surface area contributed by atoms with Gasteiger partial charge in [0.1, 0.15) is 30.3 Å². The van der Waals surface area contributed by atoms with Crippen LogP contribution >= 0.6 is 0 Å². The molecule has 0 saturated heterocycles. The van der Waals surface area contributed by atoms with E-state index in [2.05, 4.69) is 0 Å². The summed E-state index contributed by atoms with van der Waals surface area (Å²) in [4.78, 5) is 11.1. The number of furan rings is 1. The molecule has 0 spiro atoms. The number of hydrogen-bond acceptors (Lipinski definition) is 5. The third-order valence-electron chi connectivity index (χ3n) is 5.07. The molecule has 158 valence electrons. The molecule has 0 unspecified atom stereocenters. The van der Waals surface area contributed by atoms with Gasteiger partial charge in [-0.15, -0.1) is 0 Å². The zero-order valence-electron chi connectivity index (χ0n) is 16.9. The normalized spacial score (nSPS) is 11.0. The molecule has 4 rings (SSSR count). The molecule has 31 heavy (non-hydrogen) atoms. The summed E-state index contributed by atoms with van der Waals surface area (Å²) in [7, 11) is 0. The van der Waals surface area contributed by atoms with Crippen molar-refractivity contribution in [3.8, 4) is 16.9 Å². The van der Waals surface area contributed by atoms with E-state index in [1.54, 1.807) is 18.2 Å². The van der Waals surface area contributed by atoms with E-state index in [4.69, 9.17) is 20.0 Å². The van der Waals surface area contributed by atoms with Crippen molar-refractivity contribution in [3.63, 3.8) is 0 Å². The number of benzene rings is 3. The van der Waals surface area contributed by atoms with Crippen LogP contribution in [0.1, 0.15) is 22.5 Å². The van der Waals surface area contributed by atoms with Crippen LogP contribution in [0.2, 0.25) is 0 Å². The highest BCUT2D eigenvalue weighted by Crippen LogP contribution is 2.33. The van der Waals surface area contributed by atoms with E-state index in [0.717, 1.165) is 27.6 Å². The summed E-state index contributed by atoms with van der Waals surface area (Å²) >= 11 is 0. The summed E-state index contributed by atoms with van der Waals surface area (Å²) in [6.07, 6.45) is -0.103. The SMILES string of the molecule is NCc1cccc(-c2cc(COc3ccccc3CC(=O)O)cc3cc(CO)oc23)c1. The Kier molecular flexibility index (Phi) is 6.02. The lowest BCUT2D eigenvalue weighted by Gasteiger charge is -2.12. The maximum atomic E-state index is 11.1. The summed E-state index contributed by atoms with van der Waals surface area (Å²) < 4.78 is 11.8. The van der Waals surface area contributed by atoms with Gasteiger partial charge in [-0.25, -0.2) is 0 Å². The first-order valence-corrected chi connectivity index (χ1v) is 9.95. The lowest BCUT2D eigenvalue weighted by Crippen LogP contribution is -2.04. The van der Waals surface area contributed by atoms with Crippen LogP contribution in [0.5, 0.6) is 5.75 Å². The molecule has 3 aromatic carbocycles. The second-order valence-electron chi connectivity index (χ2n) is 7.30. The van der Waals surface area contributed by atoms with E-state index in [9.17, 15) is 9.90 Å². The van der Waals surface area contributed by atoms with Gasteiger partial charge < -0.3 is 25.1 Å². The predicted molar refractivity (Wildman–Crippen MR) is 118 cm³/mol. The second kappa shape index (κ2) is 9.04. The van der Waals surface area contributed by atoms with Gasteiger partial charge in [0.05, 0.1) is 6.42 Å². The minimum Gasteiger partial charge on any atom is -0.489 e. The number of carbonyl (C=O) groups is 1. The maximum absolute atomic E-state index is 11.1. The largest absolute Gasteiger partial charge is 0.489 e. The van der Waals surface area contributed by atoms with Crippen LogP contribution < -0.4 is 10.5 Å². The molecule has 0 aliphatic carbocycles. The van der Waals surface area contributed by atoms with Crippen LogP contribution in [-0.2, 0) is 31.0 Å². The molecule has 4 N–H and O–H groups in total. The average molecular weight is 417 g/mol. The first-order valence-electron chi connectivity index (χ1n) is 9.95. The summed E-state index contributed by atoms with van der Waals surface area (Å²) in [5, 5.41) is 19.5. The fraction of sp³-hybridized carbons (Fsp3) is 0.160. The number of para-hydroxylation sites is 1. The molecule has 0 amide bonds. The molecule has 6 nitrogen and oxygen atoms in total. The van der Waals surface area contributed by atoms with Gasteiger partial charge in [-0.05, 0) is 47.0 Å². The van der Waals surface area contributed by atoms with Gasteiger partial charge in [0, 0.05) is 23.1 Å². The quantitative estimate of drug-likeness (QED) is 0.396. The lowest BCUT2D eigenvalue weighted by molar-refractivity contribution is -0.136. The Morgan fingerprint density at radius 1 is 1.00 bits per heavy atom. The Morgan fingerprint density at radius 2 is 1.84 bits per heavy atom. The topological polar surface area (TPSA) is 106 Å². The van der Waals surface area contributed by atoms with E-state index < -0.39 is 5.97 Å². The number of aliphatic hydroxyl groups excluding tert-OH is 1. The fourth-order valence-electron chi connectivity index (χ4n) is 3.62. The molecule has 6 heteroatoms. The van der Waals surface area contributed by atoms with Gasteiger partial charge in [-0.3, -0.25) is 4.79 Å². The van der Waals surface area contributed by atoms with Gasteiger partial charge in [0.2, 0.25) is 0 Å². The van der Waals surface area contributed by atoms with E-state index in [0.29, 0.717) is 29.2 Å². The van der Waals surface area contributed by atoms with Crippen LogP contribution in [0.4, 0.5) is 0 Å². The monoisotopic (exact) mass is 417 g/mol. The van der Waals surface area contributed by atoms with Crippen molar-refractivity contribution in [1.29, 1.82) is 0 Å². The number of nitrogens with two attached hydrogens (primary N) is 1. The molecule has 0 radical (unpaired) electrons. The molecule has 0 fully saturated rings. The second-order valence-corrected chi connectivity index (χ2v) is 7.30. The lowest BCUT2D eigenvalue weighted by atomic mass is 9.99. The summed E-state index contributed by atoms with van der Waals surface area (Å²) in [5.74, 6) is 0.116. The van der Waals surface area contributed by atoms with Crippen molar-refractivity contribution in [1.82, 2.24) is 0 Å². The van der Waals surface area contributed by atoms with Crippen LogP contribution in [0.25, 0.3) is 22.1 Å². The predicted octanol–water partition coefficient (Wildman–Crippen LogP) is 4.26. The number of rotatable bonds is 8. The van der Waals surface area contributed by atoms with Gasteiger partial charge in [0.25, 0.3) is 0 Å². The highest BCUT2D eigenvalue weighted by molar-refractivity contribution is 5.93. The van der Waals surface area contributed by atoms with Crippen LogP contribution in [0.3, 0.4) is 0 Å². The number of hydrogen-bond donors (Lipinski definition) is 3. The molecule has 1 heterocycles. The van der Waals surface area contributed by atoms with Gasteiger partial charge in [0.15, 0.2) is 0 Å². The van der Waals surface area contributed by atoms with E-state index >= 15 is 0 Å². The first kappa shape index (κ1) is 20.7. The Labute approximate surface area is 179 Å². The molecule has 0 aliphatic heterocycles. The minimum absolute atomic E-state index is 0.103. The summed E-state index contributed by atoms with van der Waals surface area (Å²) in [6, 6.07) is 20.8. The third kappa shape index (κ3) is 4.60. The Balaban J connectivity index is 1.71. The van der Waals surface area contributed by atoms with Crippen molar-refractivity contribution in [2.75, 3.05) is 0 Å². The molecule has 0 saturated carbocycles. The van der Waals surface area contributed by atoms with Crippen molar-refractivity contribution in [3.05, 3.63) is 89.2 Å². The summed E-state index contributed by atoms with van der Waals surface area (Å²) in [6.45, 7) is 0.501. The van der Waals surface area contributed by atoms with E-state index in [1.807, 2.05) is 48.5 Å². The average Bonchev–Trinajstić information content (AvgIpc) is 3.21. The van der Waals surface area contributed by atoms with Crippen LogP contribution in [0, 0.1) is 0 Å². The third-order valence-corrected chi connectivity index (χ3v) is 5.07. The Morgan fingerprint density at radius 3 is 2.61 bits per heavy atom. The van der Waals surface area contributed by atoms with Gasteiger partial charge in [-0.2, -0.15) is 0 Å². The van der Waals surface area contributed by atoms with Crippen molar-refractivity contribution >= 4 is 16.9 Å². The molecular weight excluding hydrogens is 394 g/mol. The molecule has 0 atom stereocenters. The van der Waals surface area contributed by atoms with E-state index in [1.165, 1.54) is 0 Å². The van der Waals surface area contributed by atoms with E-state index in [-0.39, 0.29) is 19.6 Å². The van der Waals surface area contributed by atoms with Crippen LogP contribution in [0.15, 0.2) is 71.1 Å². The molecule has 4 aromatic rings. The standard InChI is InChI=1S/C25H23NO5/c26-13-16-4-3-6-18(8-16)22-10-17(9-20-11-21(14-27)31-25(20)22)15-30-23-7-2-1-5-19(23)12-24(28)29/h1-11,27H,12-15,26H2,(H,28,29). The minimum atomic E-state index is -0.908. The van der Waals surface area contributed by atoms with Crippen LogP contribution in [-0.4, -0.2) is 16.2 Å². The number of carboxylic acids is 1. The van der Waals surface area contributed by atoms with Gasteiger partial charge in [-0.1, -0.05) is 36.4 Å². The summed E-state index contributed by atoms with van der Waals surface area (Å²) in [5.41, 5.74) is 10.9. The smallest absolute Gasteiger partial charge is 0.307 e. The van der Waals surface area contributed by atoms with Gasteiger partial charge >= 0.3 is 5.97 Å².